The lowest BCUT2D eigenvalue weighted by molar-refractivity contribution is 0.600. The molecule has 0 bridgehead atoms. The van der Waals surface area contributed by atoms with Crippen LogP contribution in [-0.2, 0) is 15.8 Å². The lowest BCUT2D eigenvalue weighted by Crippen LogP contribution is -2.16. The van der Waals surface area contributed by atoms with Crippen molar-refractivity contribution in [2.75, 3.05) is 4.72 Å². The van der Waals surface area contributed by atoms with E-state index in [1.165, 1.54) is 0 Å². The molecule has 0 atom stereocenters. The molecular formula is C18H15ClN2O2S. The molecule has 0 amide bonds. The molecule has 1 heterocycles. The van der Waals surface area contributed by atoms with Gasteiger partial charge in [0.15, 0.2) is 0 Å². The third-order valence-corrected chi connectivity index (χ3v) is 5.01. The van der Waals surface area contributed by atoms with E-state index in [0.29, 0.717) is 10.6 Å². The predicted molar refractivity (Wildman–Crippen MR) is 97.4 cm³/mol. The SMILES string of the molecule is O=S(=O)(Cc1ccccc1Cl)Nc1ccc(-c2ccccc2)cn1. The quantitative estimate of drug-likeness (QED) is 0.737. The molecule has 1 N–H and O–H groups in total. The minimum atomic E-state index is -3.58. The Morgan fingerprint density at radius 3 is 2.25 bits per heavy atom. The van der Waals surface area contributed by atoms with Crippen LogP contribution in [0.5, 0.6) is 0 Å². The van der Waals surface area contributed by atoms with Gasteiger partial charge in [-0.15, -0.1) is 0 Å². The Morgan fingerprint density at radius 1 is 0.875 bits per heavy atom. The number of pyridine rings is 1. The van der Waals surface area contributed by atoms with Gasteiger partial charge in [0, 0.05) is 16.8 Å². The van der Waals surface area contributed by atoms with E-state index in [2.05, 4.69) is 9.71 Å². The van der Waals surface area contributed by atoms with Crippen molar-refractivity contribution in [2.24, 2.45) is 0 Å². The van der Waals surface area contributed by atoms with Crippen molar-refractivity contribution in [1.82, 2.24) is 4.98 Å². The van der Waals surface area contributed by atoms with Crippen molar-refractivity contribution in [3.05, 3.63) is 83.5 Å². The molecule has 3 aromatic rings. The van der Waals surface area contributed by atoms with Crippen LogP contribution >= 0.6 is 11.6 Å². The second-order valence-corrected chi connectivity index (χ2v) is 7.38. The fourth-order valence-electron chi connectivity index (χ4n) is 2.27. The Labute approximate surface area is 146 Å². The highest BCUT2D eigenvalue weighted by molar-refractivity contribution is 7.91. The van der Waals surface area contributed by atoms with E-state index >= 15 is 0 Å². The van der Waals surface area contributed by atoms with Crippen LogP contribution < -0.4 is 4.72 Å². The van der Waals surface area contributed by atoms with Crippen molar-refractivity contribution in [2.45, 2.75) is 5.75 Å². The molecule has 0 saturated heterocycles. The number of benzene rings is 2. The van der Waals surface area contributed by atoms with Crippen LogP contribution in [0.4, 0.5) is 5.82 Å². The number of anilines is 1. The second-order valence-electron chi connectivity index (χ2n) is 5.25. The first-order chi connectivity index (χ1) is 11.5. The molecule has 0 radical (unpaired) electrons. The van der Waals surface area contributed by atoms with Gasteiger partial charge in [-0.25, -0.2) is 13.4 Å². The van der Waals surface area contributed by atoms with Gasteiger partial charge in [0.1, 0.15) is 5.82 Å². The van der Waals surface area contributed by atoms with Gasteiger partial charge in [0.25, 0.3) is 0 Å². The molecule has 4 nitrogen and oxygen atoms in total. The Hall–Kier alpha value is -2.37. The van der Waals surface area contributed by atoms with E-state index < -0.39 is 10.0 Å². The maximum atomic E-state index is 12.3. The van der Waals surface area contributed by atoms with E-state index in [0.717, 1.165) is 11.1 Å². The maximum absolute atomic E-state index is 12.3. The average Bonchev–Trinajstić information content (AvgIpc) is 2.58. The first-order valence-electron chi connectivity index (χ1n) is 7.29. The number of aromatic nitrogens is 1. The third kappa shape index (κ3) is 4.13. The zero-order chi connectivity index (χ0) is 17.0. The fraction of sp³-hybridized carbons (Fsp3) is 0.0556. The molecule has 0 aliphatic rings. The second kappa shape index (κ2) is 7.03. The first-order valence-corrected chi connectivity index (χ1v) is 9.32. The van der Waals surface area contributed by atoms with Crippen molar-refractivity contribution in [3.8, 4) is 11.1 Å². The van der Waals surface area contributed by atoms with E-state index in [1.807, 2.05) is 36.4 Å². The number of rotatable bonds is 5. The van der Waals surface area contributed by atoms with Crippen molar-refractivity contribution < 1.29 is 8.42 Å². The van der Waals surface area contributed by atoms with Gasteiger partial charge in [-0.1, -0.05) is 60.1 Å². The van der Waals surface area contributed by atoms with Crippen molar-refractivity contribution >= 4 is 27.4 Å². The standard InChI is InChI=1S/C18H15ClN2O2S/c19-17-9-5-4-8-16(17)13-24(22,23)21-18-11-10-15(12-20-18)14-6-2-1-3-7-14/h1-12H,13H2,(H,20,21). The van der Waals surface area contributed by atoms with Crippen molar-refractivity contribution in [1.29, 1.82) is 0 Å². The maximum Gasteiger partial charge on any atom is 0.238 e. The minimum Gasteiger partial charge on any atom is -0.267 e. The molecule has 1 aromatic heterocycles. The van der Waals surface area contributed by atoms with Gasteiger partial charge in [0.05, 0.1) is 5.75 Å². The number of sulfonamides is 1. The minimum absolute atomic E-state index is 0.200. The molecule has 2 aromatic carbocycles. The Morgan fingerprint density at radius 2 is 1.58 bits per heavy atom. The predicted octanol–water partition coefficient (Wildman–Crippen LogP) is 4.34. The van der Waals surface area contributed by atoms with Gasteiger partial charge in [0.2, 0.25) is 10.0 Å². The molecule has 24 heavy (non-hydrogen) atoms. The van der Waals surface area contributed by atoms with E-state index in [9.17, 15) is 8.42 Å². The normalized spacial score (nSPS) is 11.2. The Kier molecular flexibility index (Phi) is 4.83. The molecular weight excluding hydrogens is 344 g/mol. The molecule has 0 unspecified atom stereocenters. The molecule has 0 saturated carbocycles. The van der Waals surface area contributed by atoms with Gasteiger partial charge >= 0.3 is 0 Å². The summed E-state index contributed by atoms with van der Waals surface area (Å²) in [6.45, 7) is 0. The summed E-state index contributed by atoms with van der Waals surface area (Å²) in [5, 5.41) is 0.426. The highest BCUT2D eigenvalue weighted by Crippen LogP contribution is 2.21. The van der Waals surface area contributed by atoms with E-state index in [4.69, 9.17) is 11.6 Å². The lowest BCUT2D eigenvalue weighted by Gasteiger charge is -2.09. The van der Waals surface area contributed by atoms with Crippen molar-refractivity contribution in [3.63, 3.8) is 0 Å². The van der Waals surface area contributed by atoms with Gasteiger partial charge < -0.3 is 0 Å². The summed E-state index contributed by atoms with van der Waals surface area (Å²) in [4.78, 5) is 4.18. The monoisotopic (exact) mass is 358 g/mol. The average molecular weight is 359 g/mol. The Bertz CT molecular complexity index is 927. The summed E-state index contributed by atoms with van der Waals surface area (Å²) in [5.74, 6) is 0.0798. The smallest absolute Gasteiger partial charge is 0.238 e. The van der Waals surface area contributed by atoms with Crippen LogP contribution in [0.25, 0.3) is 11.1 Å². The van der Waals surface area contributed by atoms with Gasteiger partial charge in [-0.3, -0.25) is 4.72 Å². The lowest BCUT2D eigenvalue weighted by atomic mass is 10.1. The number of hydrogen-bond acceptors (Lipinski definition) is 3. The summed E-state index contributed by atoms with van der Waals surface area (Å²) in [6.07, 6.45) is 1.64. The number of hydrogen-bond donors (Lipinski definition) is 1. The zero-order valence-electron chi connectivity index (χ0n) is 12.7. The zero-order valence-corrected chi connectivity index (χ0v) is 14.3. The molecule has 0 aliphatic heterocycles. The summed E-state index contributed by atoms with van der Waals surface area (Å²) in [7, 11) is -3.58. The highest BCUT2D eigenvalue weighted by atomic mass is 35.5. The van der Waals surface area contributed by atoms with Gasteiger partial charge in [-0.2, -0.15) is 0 Å². The third-order valence-electron chi connectivity index (χ3n) is 3.43. The summed E-state index contributed by atoms with van der Waals surface area (Å²) < 4.78 is 27.0. The molecule has 0 aliphatic carbocycles. The van der Waals surface area contributed by atoms with E-state index in [1.54, 1.807) is 36.5 Å². The molecule has 0 spiro atoms. The van der Waals surface area contributed by atoms with Gasteiger partial charge in [-0.05, 0) is 29.3 Å². The van der Waals surface area contributed by atoms with Crippen LogP contribution in [0.2, 0.25) is 5.02 Å². The van der Waals surface area contributed by atoms with Crippen LogP contribution in [0.1, 0.15) is 5.56 Å². The van der Waals surface area contributed by atoms with Crippen LogP contribution in [0.3, 0.4) is 0 Å². The summed E-state index contributed by atoms with van der Waals surface area (Å²) in [6, 6.07) is 20.1. The largest absolute Gasteiger partial charge is 0.267 e. The summed E-state index contributed by atoms with van der Waals surface area (Å²) >= 11 is 6.01. The van der Waals surface area contributed by atoms with Crippen LogP contribution in [0, 0.1) is 0 Å². The highest BCUT2D eigenvalue weighted by Gasteiger charge is 2.14. The first kappa shape index (κ1) is 16.5. The summed E-state index contributed by atoms with van der Waals surface area (Å²) in [5.41, 5.74) is 2.49. The molecule has 3 rings (SSSR count). The Balaban J connectivity index is 1.75. The topological polar surface area (TPSA) is 59.1 Å². The number of nitrogens with one attached hydrogen (secondary N) is 1. The van der Waals surface area contributed by atoms with E-state index in [-0.39, 0.29) is 11.6 Å². The number of nitrogens with zero attached hydrogens (tertiary/aromatic N) is 1. The van der Waals surface area contributed by atoms with Crippen LogP contribution in [0.15, 0.2) is 72.9 Å². The molecule has 122 valence electrons. The van der Waals surface area contributed by atoms with Crippen LogP contribution in [-0.4, -0.2) is 13.4 Å². The fourth-order valence-corrected chi connectivity index (χ4v) is 3.73. The molecule has 0 fully saturated rings. The number of halogens is 1. The molecule has 6 heteroatoms.